The first kappa shape index (κ1) is 19.2. The van der Waals surface area contributed by atoms with Gasteiger partial charge in [0.15, 0.2) is 11.5 Å². The molecule has 1 saturated heterocycles. The van der Waals surface area contributed by atoms with Gasteiger partial charge in [-0.05, 0) is 36.6 Å². The summed E-state index contributed by atoms with van der Waals surface area (Å²) in [4.78, 5) is 10.6. The van der Waals surface area contributed by atoms with Crippen LogP contribution in [0.3, 0.4) is 0 Å². The van der Waals surface area contributed by atoms with E-state index in [-0.39, 0.29) is 29.5 Å². The van der Waals surface area contributed by atoms with Gasteiger partial charge in [-0.3, -0.25) is 0 Å². The molecule has 1 aliphatic heterocycles. The van der Waals surface area contributed by atoms with Gasteiger partial charge < -0.3 is 19.7 Å². The van der Waals surface area contributed by atoms with E-state index < -0.39 is 22.1 Å². The van der Waals surface area contributed by atoms with Crippen LogP contribution in [0.1, 0.15) is 18.4 Å². The van der Waals surface area contributed by atoms with Crippen molar-refractivity contribution in [3.63, 3.8) is 0 Å². The third-order valence-corrected chi connectivity index (χ3v) is 5.83. The Kier molecular flexibility index (Phi) is 6.04. The molecule has 8 nitrogen and oxygen atoms in total. The first-order chi connectivity index (χ1) is 11.8. The molecule has 1 aromatic carbocycles. The molecule has 0 amide bonds. The highest BCUT2D eigenvalue weighted by Gasteiger charge is 2.32. The number of aliphatic hydroxyl groups is 1. The molecule has 0 aromatic heterocycles. The first-order valence-corrected chi connectivity index (χ1v) is 9.09. The number of benzene rings is 1. The number of nitrogens with zero attached hydrogens (tertiary/aromatic N) is 1. The summed E-state index contributed by atoms with van der Waals surface area (Å²) >= 11 is 0. The van der Waals surface area contributed by atoms with Crippen LogP contribution in [0.15, 0.2) is 23.1 Å². The van der Waals surface area contributed by atoms with Crippen LogP contribution in [0.4, 0.5) is 0 Å². The maximum atomic E-state index is 13.0. The number of aliphatic carboxylic acids is 1. The largest absolute Gasteiger partial charge is 0.493 e. The smallest absolute Gasteiger partial charge is 0.328 e. The van der Waals surface area contributed by atoms with Crippen molar-refractivity contribution in [3.8, 4) is 11.5 Å². The van der Waals surface area contributed by atoms with Gasteiger partial charge in [-0.25, -0.2) is 13.2 Å². The number of piperidine rings is 1. The Bertz CT molecular complexity index is 765. The molecule has 0 unspecified atom stereocenters. The van der Waals surface area contributed by atoms with Crippen molar-refractivity contribution < 1.29 is 32.9 Å². The van der Waals surface area contributed by atoms with Gasteiger partial charge in [-0.15, -0.1) is 0 Å². The number of ether oxygens (including phenoxy) is 2. The van der Waals surface area contributed by atoms with E-state index in [9.17, 15) is 18.3 Å². The maximum absolute atomic E-state index is 13.0. The molecule has 1 fully saturated rings. The number of carbonyl (C=O) groups is 1. The van der Waals surface area contributed by atoms with Crippen molar-refractivity contribution in [2.75, 3.05) is 27.3 Å². The fraction of sp³-hybridized carbons (Fsp3) is 0.438. The van der Waals surface area contributed by atoms with Gasteiger partial charge in [0.2, 0.25) is 10.0 Å². The second-order valence-corrected chi connectivity index (χ2v) is 7.47. The number of hydrogen-bond donors (Lipinski definition) is 2. The number of carboxylic acid groups (broad SMARTS) is 1. The number of sulfonamides is 1. The number of hydrogen-bond acceptors (Lipinski definition) is 6. The molecule has 1 heterocycles. The third kappa shape index (κ3) is 4.30. The molecule has 2 N–H and O–H groups in total. The predicted octanol–water partition coefficient (Wildman–Crippen LogP) is 0.947. The summed E-state index contributed by atoms with van der Waals surface area (Å²) in [6.45, 7) is 0.397. The molecule has 138 valence electrons. The summed E-state index contributed by atoms with van der Waals surface area (Å²) in [5, 5.41) is 18.3. The average molecular weight is 371 g/mol. The Labute approximate surface area is 146 Å². The molecule has 2 rings (SSSR count). The van der Waals surface area contributed by atoms with Crippen molar-refractivity contribution in [2.24, 2.45) is 0 Å². The Morgan fingerprint density at radius 3 is 2.40 bits per heavy atom. The zero-order chi connectivity index (χ0) is 18.6. The van der Waals surface area contributed by atoms with Gasteiger partial charge >= 0.3 is 5.97 Å². The second-order valence-electron chi connectivity index (χ2n) is 5.56. The van der Waals surface area contributed by atoms with Crippen LogP contribution in [-0.4, -0.2) is 62.3 Å². The predicted molar refractivity (Wildman–Crippen MR) is 90.2 cm³/mol. The quantitative estimate of drug-likeness (QED) is 0.716. The van der Waals surface area contributed by atoms with E-state index in [1.165, 1.54) is 36.7 Å². The molecule has 0 bridgehead atoms. The fourth-order valence-electron chi connectivity index (χ4n) is 2.63. The van der Waals surface area contributed by atoms with Gasteiger partial charge in [-0.2, -0.15) is 4.31 Å². The Morgan fingerprint density at radius 1 is 1.24 bits per heavy atom. The number of methoxy groups -OCH3 is 2. The van der Waals surface area contributed by atoms with E-state index in [1.807, 2.05) is 0 Å². The molecule has 1 aliphatic rings. The van der Waals surface area contributed by atoms with Crippen LogP contribution < -0.4 is 9.47 Å². The van der Waals surface area contributed by atoms with Crippen molar-refractivity contribution >= 4 is 22.1 Å². The van der Waals surface area contributed by atoms with Crippen LogP contribution in [0.25, 0.3) is 6.08 Å². The topological polar surface area (TPSA) is 113 Å². The van der Waals surface area contributed by atoms with Gasteiger partial charge in [0, 0.05) is 19.2 Å². The average Bonchev–Trinajstić information content (AvgIpc) is 2.59. The van der Waals surface area contributed by atoms with Crippen LogP contribution in [0.2, 0.25) is 0 Å². The molecule has 0 saturated carbocycles. The summed E-state index contributed by atoms with van der Waals surface area (Å²) in [6, 6.07) is 2.85. The monoisotopic (exact) mass is 371 g/mol. The van der Waals surface area contributed by atoms with Crippen molar-refractivity contribution in [3.05, 3.63) is 23.8 Å². The van der Waals surface area contributed by atoms with E-state index in [4.69, 9.17) is 14.6 Å². The van der Waals surface area contributed by atoms with Crippen LogP contribution in [0.5, 0.6) is 11.5 Å². The van der Waals surface area contributed by atoms with Crippen LogP contribution >= 0.6 is 0 Å². The van der Waals surface area contributed by atoms with Crippen LogP contribution in [-0.2, 0) is 14.8 Å². The Morgan fingerprint density at radius 2 is 1.88 bits per heavy atom. The van der Waals surface area contributed by atoms with Gasteiger partial charge in [0.1, 0.15) is 4.90 Å². The highest BCUT2D eigenvalue weighted by Crippen LogP contribution is 2.38. The molecule has 1 aromatic rings. The molecule has 0 aliphatic carbocycles. The summed E-state index contributed by atoms with van der Waals surface area (Å²) < 4.78 is 37.7. The standard InChI is InChI=1S/C16H21NO7S/c1-23-13-9-11(3-4-15(19)20)10-14(16(13)24-2)25(21,22)17-7-5-12(18)6-8-17/h3-4,9-10,12,18H,5-8H2,1-2H3,(H,19,20)/b4-3+. The fourth-order valence-corrected chi connectivity index (χ4v) is 4.30. The zero-order valence-corrected chi connectivity index (χ0v) is 14.8. The summed E-state index contributed by atoms with van der Waals surface area (Å²) in [6.07, 6.45) is 2.40. The van der Waals surface area contributed by atoms with Gasteiger partial charge in [-0.1, -0.05) is 0 Å². The minimum Gasteiger partial charge on any atom is -0.493 e. The Hall–Kier alpha value is -2.10. The normalized spacial score (nSPS) is 16.9. The highest BCUT2D eigenvalue weighted by atomic mass is 32.2. The lowest BCUT2D eigenvalue weighted by molar-refractivity contribution is -0.131. The van der Waals surface area contributed by atoms with Gasteiger partial charge in [0.25, 0.3) is 0 Å². The minimum atomic E-state index is -3.89. The lowest BCUT2D eigenvalue weighted by Gasteiger charge is -2.29. The maximum Gasteiger partial charge on any atom is 0.328 e. The molecule has 0 radical (unpaired) electrons. The van der Waals surface area contributed by atoms with Crippen molar-refractivity contribution in [2.45, 2.75) is 23.8 Å². The molecule has 0 atom stereocenters. The SMILES string of the molecule is COc1cc(/C=C/C(=O)O)cc(S(=O)(=O)N2CCC(O)CC2)c1OC. The molecular formula is C16H21NO7S. The van der Waals surface area contributed by atoms with Crippen molar-refractivity contribution in [1.82, 2.24) is 4.31 Å². The van der Waals surface area contributed by atoms with E-state index in [1.54, 1.807) is 0 Å². The zero-order valence-electron chi connectivity index (χ0n) is 14.0. The Balaban J connectivity index is 2.53. The first-order valence-electron chi connectivity index (χ1n) is 7.65. The number of carboxylic acids is 1. The van der Waals surface area contributed by atoms with E-state index in [0.717, 1.165) is 6.08 Å². The highest BCUT2D eigenvalue weighted by molar-refractivity contribution is 7.89. The lowest BCUT2D eigenvalue weighted by atomic mass is 10.1. The molecule has 0 spiro atoms. The van der Waals surface area contributed by atoms with Gasteiger partial charge in [0.05, 0.1) is 20.3 Å². The molecule has 25 heavy (non-hydrogen) atoms. The third-order valence-electron chi connectivity index (χ3n) is 3.93. The minimum absolute atomic E-state index is 0.0566. The molecule has 9 heteroatoms. The van der Waals surface area contributed by atoms with E-state index in [0.29, 0.717) is 18.4 Å². The second kappa shape index (κ2) is 7.85. The number of aliphatic hydroxyl groups excluding tert-OH is 1. The van der Waals surface area contributed by atoms with E-state index >= 15 is 0 Å². The summed E-state index contributed by atoms with van der Waals surface area (Å²) in [5.41, 5.74) is 0.357. The molecular weight excluding hydrogens is 350 g/mol. The van der Waals surface area contributed by atoms with Crippen molar-refractivity contribution in [1.29, 1.82) is 0 Å². The summed E-state index contributed by atoms with van der Waals surface area (Å²) in [7, 11) is -1.18. The van der Waals surface area contributed by atoms with Crippen LogP contribution in [0, 0.1) is 0 Å². The lowest BCUT2D eigenvalue weighted by Crippen LogP contribution is -2.40. The van der Waals surface area contributed by atoms with E-state index in [2.05, 4.69) is 0 Å². The number of rotatable bonds is 6. The summed E-state index contributed by atoms with van der Waals surface area (Å²) in [5.74, 6) is -0.907.